The average molecular weight is 546 g/mol. The van der Waals surface area contributed by atoms with Crippen LogP contribution in [0.15, 0.2) is 47.0 Å². The molecule has 1 N–H and O–H groups in total. The van der Waals surface area contributed by atoms with Gasteiger partial charge in [0.2, 0.25) is 0 Å². The number of imidazole rings is 1. The zero-order valence-corrected chi connectivity index (χ0v) is 21.0. The second kappa shape index (κ2) is 8.34. The molecule has 9 heteroatoms. The number of carbonyl (C=O) groups excluding carboxylic acids is 1. The van der Waals surface area contributed by atoms with Crippen molar-refractivity contribution in [3.05, 3.63) is 79.9 Å². The van der Waals surface area contributed by atoms with Gasteiger partial charge in [-0.1, -0.05) is 29.8 Å². The van der Waals surface area contributed by atoms with E-state index in [0.29, 0.717) is 38.9 Å². The number of aryl methyl sites for hydroxylation is 2. The summed E-state index contributed by atoms with van der Waals surface area (Å²) in [4.78, 5) is 28.9. The number of amides is 1. The zero-order chi connectivity index (χ0) is 23.4. The highest BCUT2D eigenvalue weighted by atomic mass is 79.9. The second-order valence-corrected chi connectivity index (χ2v) is 10.6. The van der Waals surface area contributed by atoms with Gasteiger partial charge in [0, 0.05) is 11.6 Å². The molecular weight excluding hydrogens is 527 g/mol. The van der Waals surface area contributed by atoms with E-state index in [2.05, 4.69) is 32.5 Å². The smallest absolute Gasteiger partial charge is 0.274 e. The van der Waals surface area contributed by atoms with Gasteiger partial charge in [0.1, 0.15) is 17.3 Å². The standard InChI is InChI=1S/C24H19BrClFN4OS/c1-11-8-19(23-29-18-7-5-16(26)12(2)20(18)30-23)31(10-11)24(32)21-22(33-13(3)28-21)14-4-6-17(27)15(25)9-14/h4-7,9,19H,1,8,10H2,2-3H3,(H,29,30). The van der Waals surface area contributed by atoms with E-state index in [1.807, 2.05) is 26.0 Å². The molecule has 1 atom stereocenters. The minimum Gasteiger partial charge on any atom is -0.340 e. The third-order valence-corrected chi connectivity index (χ3v) is 7.86. The molecule has 0 radical (unpaired) electrons. The van der Waals surface area contributed by atoms with E-state index in [4.69, 9.17) is 16.6 Å². The Morgan fingerprint density at radius 1 is 1.30 bits per heavy atom. The van der Waals surface area contributed by atoms with Crippen LogP contribution in [0.2, 0.25) is 5.02 Å². The molecule has 1 saturated heterocycles. The Bertz CT molecular complexity index is 1450. The summed E-state index contributed by atoms with van der Waals surface area (Å²) in [7, 11) is 0. The summed E-state index contributed by atoms with van der Waals surface area (Å²) in [6.07, 6.45) is 0.610. The molecule has 0 spiro atoms. The largest absolute Gasteiger partial charge is 0.340 e. The van der Waals surface area contributed by atoms with Crippen LogP contribution in [0.1, 0.15) is 39.3 Å². The molecule has 1 aliphatic heterocycles. The topological polar surface area (TPSA) is 61.9 Å². The van der Waals surface area contributed by atoms with Crippen LogP contribution in [0.5, 0.6) is 0 Å². The van der Waals surface area contributed by atoms with E-state index in [9.17, 15) is 9.18 Å². The Hall–Kier alpha value is -2.55. The van der Waals surface area contributed by atoms with Gasteiger partial charge in [-0.2, -0.15) is 0 Å². The van der Waals surface area contributed by atoms with Crippen molar-refractivity contribution in [2.45, 2.75) is 26.3 Å². The van der Waals surface area contributed by atoms with Gasteiger partial charge in [-0.15, -0.1) is 11.3 Å². The number of nitrogens with one attached hydrogen (secondary N) is 1. The summed E-state index contributed by atoms with van der Waals surface area (Å²) in [6.45, 7) is 8.34. The highest BCUT2D eigenvalue weighted by Crippen LogP contribution is 2.39. The van der Waals surface area contributed by atoms with Crippen LogP contribution in [-0.4, -0.2) is 32.3 Å². The second-order valence-electron chi connectivity index (χ2n) is 8.13. The monoisotopic (exact) mass is 544 g/mol. The van der Waals surface area contributed by atoms with Crippen molar-refractivity contribution in [2.75, 3.05) is 6.54 Å². The minimum atomic E-state index is -0.357. The van der Waals surface area contributed by atoms with Gasteiger partial charge in [-0.3, -0.25) is 4.79 Å². The first-order valence-electron chi connectivity index (χ1n) is 10.3. The lowest BCUT2D eigenvalue weighted by atomic mass is 10.1. The first-order chi connectivity index (χ1) is 15.7. The zero-order valence-electron chi connectivity index (χ0n) is 17.9. The maximum absolute atomic E-state index is 13.8. The van der Waals surface area contributed by atoms with Gasteiger partial charge in [-0.05, 0) is 71.6 Å². The Morgan fingerprint density at radius 3 is 2.85 bits per heavy atom. The Balaban J connectivity index is 1.55. The quantitative estimate of drug-likeness (QED) is 0.282. The van der Waals surface area contributed by atoms with Crippen LogP contribution in [-0.2, 0) is 0 Å². The first kappa shape index (κ1) is 22.3. The molecule has 2 aromatic carbocycles. The van der Waals surface area contributed by atoms with Crippen molar-refractivity contribution in [3.8, 4) is 10.4 Å². The van der Waals surface area contributed by atoms with E-state index in [-0.39, 0.29) is 17.8 Å². The predicted molar refractivity (Wildman–Crippen MR) is 133 cm³/mol. The van der Waals surface area contributed by atoms with Gasteiger partial charge >= 0.3 is 0 Å². The van der Waals surface area contributed by atoms with E-state index >= 15 is 0 Å². The molecule has 0 aliphatic carbocycles. The molecule has 168 valence electrons. The van der Waals surface area contributed by atoms with Gasteiger partial charge in [0.25, 0.3) is 5.91 Å². The van der Waals surface area contributed by atoms with E-state index in [1.54, 1.807) is 17.0 Å². The third-order valence-electron chi connectivity index (χ3n) is 5.82. The molecule has 2 aromatic heterocycles. The minimum absolute atomic E-state index is 0.200. The number of thiazole rings is 1. The first-order valence-corrected chi connectivity index (χ1v) is 12.3. The molecular formula is C24H19BrClFN4OS. The van der Waals surface area contributed by atoms with Gasteiger partial charge in [0.15, 0.2) is 0 Å². The van der Waals surface area contributed by atoms with Gasteiger partial charge < -0.3 is 9.88 Å². The Kier molecular flexibility index (Phi) is 5.63. The number of fused-ring (bicyclic) bond motifs is 1. The maximum atomic E-state index is 13.8. The molecule has 5 rings (SSSR count). The Morgan fingerprint density at radius 2 is 2.09 bits per heavy atom. The number of benzene rings is 2. The summed E-state index contributed by atoms with van der Waals surface area (Å²) in [5, 5.41) is 1.42. The number of aromatic amines is 1. The molecule has 1 unspecified atom stereocenters. The summed E-state index contributed by atoms with van der Waals surface area (Å²) in [5.74, 6) is 0.137. The highest BCUT2D eigenvalue weighted by molar-refractivity contribution is 9.10. The fourth-order valence-corrected chi connectivity index (χ4v) is 5.61. The number of aromatic nitrogens is 3. The number of nitrogens with zero attached hydrogens (tertiary/aromatic N) is 3. The molecule has 33 heavy (non-hydrogen) atoms. The van der Waals surface area contributed by atoms with Crippen LogP contribution < -0.4 is 0 Å². The lowest BCUT2D eigenvalue weighted by Crippen LogP contribution is -2.31. The van der Waals surface area contributed by atoms with Crippen LogP contribution in [0.3, 0.4) is 0 Å². The van der Waals surface area contributed by atoms with Crippen molar-refractivity contribution in [2.24, 2.45) is 0 Å². The number of carbonyl (C=O) groups is 1. The lowest BCUT2D eigenvalue weighted by molar-refractivity contribution is 0.0728. The SMILES string of the molecule is C=C1CC(c2nc3ccc(Cl)c(C)c3[nH]2)N(C(=O)c2nc(C)sc2-c2ccc(F)c(Br)c2)C1. The number of halogens is 3. The molecule has 0 bridgehead atoms. The van der Waals surface area contributed by atoms with Crippen molar-refractivity contribution < 1.29 is 9.18 Å². The Labute approximate surface area is 207 Å². The molecule has 1 aliphatic rings. The summed E-state index contributed by atoms with van der Waals surface area (Å²) in [5.41, 5.74) is 4.62. The maximum Gasteiger partial charge on any atom is 0.274 e. The van der Waals surface area contributed by atoms with E-state index < -0.39 is 0 Å². The van der Waals surface area contributed by atoms with Crippen LogP contribution in [0, 0.1) is 19.7 Å². The van der Waals surface area contributed by atoms with Crippen molar-refractivity contribution in [3.63, 3.8) is 0 Å². The van der Waals surface area contributed by atoms with Crippen LogP contribution >= 0.6 is 38.9 Å². The molecule has 1 amide bonds. The molecule has 4 aromatic rings. The number of hydrogen-bond donors (Lipinski definition) is 1. The lowest BCUT2D eigenvalue weighted by Gasteiger charge is -2.22. The molecule has 1 fully saturated rings. The summed E-state index contributed by atoms with van der Waals surface area (Å²) < 4.78 is 14.1. The normalized spacial score (nSPS) is 16.2. The molecule has 0 saturated carbocycles. The predicted octanol–water partition coefficient (Wildman–Crippen LogP) is 7.00. The van der Waals surface area contributed by atoms with Crippen molar-refractivity contribution in [1.82, 2.24) is 19.9 Å². The molecule has 5 nitrogen and oxygen atoms in total. The number of H-pyrrole nitrogens is 1. The fourth-order valence-electron chi connectivity index (χ4n) is 4.16. The molecule has 3 heterocycles. The van der Waals surface area contributed by atoms with Crippen LogP contribution in [0.4, 0.5) is 4.39 Å². The third kappa shape index (κ3) is 3.90. The van der Waals surface area contributed by atoms with Crippen LogP contribution in [0.25, 0.3) is 21.5 Å². The number of hydrogen-bond acceptors (Lipinski definition) is 4. The van der Waals surface area contributed by atoms with E-state index in [1.165, 1.54) is 17.4 Å². The average Bonchev–Trinajstić information content (AvgIpc) is 3.48. The number of likely N-dealkylation sites (tertiary alicyclic amines) is 1. The number of rotatable bonds is 3. The van der Waals surface area contributed by atoms with Gasteiger partial charge in [-0.25, -0.2) is 14.4 Å². The van der Waals surface area contributed by atoms with Crippen molar-refractivity contribution >= 4 is 55.8 Å². The van der Waals surface area contributed by atoms with Crippen molar-refractivity contribution in [1.29, 1.82) is 0 Å². The summed E-state index contributed by atoms with van der Waals surface area (Å²) >= 11 is 10.9. The highest BCUT2D eigenvalue weighted by Gasteiger charge is 2.37. The van der Waals surface area contributed by atoms with Gasteiger partial charge in [0.05, 0.1) is 31.4 Å². The fraction of sp³-hybridized carbons (Fsp3) is 0.208. The van der Waals surface area contributed by atoms with E-state index in [0.717, 1.165) is 32.7 Å². The summed E-state index contributed by atoms with van der Waals surface area (Å²) in [6, 6.07) is 8.12.